The van der Waals surface area contributed by atoms with E-state index in [0.29, 0.717) is 23.8 Å². The zero-order chi connectivity index (χ0) is 13.7. The molecule has 0 saturated carbocycles. The molecule has 0 saturated heterocycles. The average Bonchev–Trinajstić information content (AvgIpc) is 2.36. The summed E-state index contributed by atoms with van der Waals surface area (Å²) in [5, 5.41) is 3.00. The highest BCUT2D eigenvalue weighted by Gasteiger charge is 2.05. The maximum Gasteiger partial charge on any atom is 0.225 e. The Morgan fingerprint density at radius 3 is 2.89 bits per heavy atom. The first-order chi connectivity index (χ1) is 9.13. The van der Waals surface area contributed by atoms with Crippen molar-refractivity contribution >= 4 is 23.3 Å². The number of hydrogen-bond acceptors (Lipinski definition) is 3. The van der Waals surface area contributed by atoms with Gasteiger partial charge in [0.2, 0.25) is 5.91 Å². The number of nitrogens with one attached hydrogen (secondary N) is 1. The quantitative estimate of drug-likeness (QED) is 0.873. The zero-order valence-electron chi connectivity index (χ0n) is 10.6. The van der Waals surface area contributed by atoms with E-state index in [1.54, 1.807) is 0 Å². The van der Waals surface area contributed by atoms with Crippen molar-refractivity contribution in [2.45, 2.75) is 19.8 Å². The van der Waals surface area contributed by atoms with Crippen LogP contribution in [0.3, 0.4) is 0 Å². The van der Waals surface area contributed by atoms with Crippen molar-refractivity contribution in [3.63, 3.8) is 0 Å². The van der Waals surface area contributed by atoms with E-state index in [1.807, 2.05) is 25.1 Å². The summed E-state index contributed by atoms with van der Waals surface area (Å²) in [4.78, 5) is 19.4. The third-order valence-corrected chi connectivity index (χ3v) is 2.83. The number of carbonyl (C=O) groups is 1. The van der Waals surface area contributed by atoms with Gasteiger partial charge >= 0.3 is 0 Å². The Balaban J connectivity index is 1.88. The van der Waals surface area contributed by atoms with Crippen LogP contribution in [0.25, 0.3) is 0 Å². The summed E-state index contributed by atoms with van der Waals surface area (Å²) in [6.07, 6.45) is 2.43. The number of rotatable bonds is 4. The van der Waals surface area contributed by atoms with Crippen molar-refractivity contribution in [1.82, 2.24) is 9.97 Å². The molecule has 19 heavy (non-hydrogen) atoms. The van der Waals surface area contributed by atoms with Crippen LogP contribution in [0, 0.1) is 6.92 Å². The molecule has 1 N–H and O–H groups in total. The zero-order valence-corrected chi connectivity index (χ0v) is 11.3. The topological polar surface area (TPSA) is 54.9 Å². The van der Waals surface area contributed by atoms with Crippen LogP contribution < -0.4 is 5.32 Å². The first kappa shape index (κ1) is 13.5. The molecule has 5 heteroatoms. The van der Waals surface area contributed by atoms with Gasteiger partial charge in [0.25, 0.3) is 0 Å². The first-order valence-corrected chi connectivity index (χ1v) is 6.34. The van der Waals surface area contributed by atoms with Crippen LogP contribution >= 0.6 is 11.6 Å². The van der Waals surface area contributed by atoms with E-state index in [1.165, 1.54) is 18.0 Å². The van der Waals surface area contributed by atoms with E-state index >= 15 is 0 Å². The largest absolute Gasteiger partial charge is 0.311 e. The minimum Gasteiger partial charge on any atom is -0.311 e. The van der Waals surface area contributed by atoms with Crippen LogP contribution in [0.4, 0.5) is 5.82 Å². The molecule has 2 aromatic rings. The van der Waals surface area contributed by atoms with Crippen molar-refractivity contribution in [3.8, 4) is 0 Å². The standard InChI is InChI=1S/C14H14ClN3O/c1-10-3-2-4-11(7-10)5-6-14(19)18-13-8-12(15)16-9-17-13/h2-4,7-9H,5-6H2,1H3,(H,16,17,18,19). The molecule has 1 aromatic heterocycles. The number of aryl methyl sites for hydroxylation is 2. The molecule has 2 rings (SSSR count). The summed E-state index contributed by atoms with van der Waals surface area (Å²) in [5.41, 5.74) is 2.34. The lowest BCUT2D eigenvalue weighted by atomic mass is 10.1. The van der Waals surface area contributed by atoms with Crippen molar-refractivity contribution < 1.29 is 4.79 Å². The molecular weight excluding hydrogens is 262 g/mol. The van der Waals surface area contributed by atoms with Gasteiger partial charge in [-0.25, -0.2) is 9.97 Å². The minimum atomic E-state index is -0.0868. The molecular formula is C14H14ClN3O. The smallest absolute Gasteiger partial charge is 0.225 e. The highest BCUT2D eigenvalue weighted by atomic mass is 35.5. The molecule has 0 aliphatic rings. The summed E-state index contributed by atoms with van der Waals surface area (Å²) in [7, 11) is 0. The van der Waals surface area contributed by atoms with Gasteiger partial charge in [-0.2, -0.15) is 0 Å². The van der Waals surface area contributed by atoms with Gasteiger partial charge in [0.15, 0.2) is 0 Å². The fourth-order valence-electron chi connectivity index (χ4n) is 1.73. The van der Waals surface area contributed by atoms with Crippen molar-refractivity contribution in [2.24, 2.45) is 0 Å². The molecule has 0 atom stereocenters. The summed E-state index contributed by atoms with van der Waals surface area (Å²) in [5.74, 6) is 0.338. The van der Waals surface area contributed by atoms with Gasteiger partial charge in [0, 0.05) is 12.5 Å². The van der Waals surface area contributed by atoms with Gasteiger partial charge in [-0.05, 0) is 18.9 Å². The van der Waals surface area contributed by atoms with Crippen molar-refractivity contribution in [1.29, 1.82) is 0 Å². The highest BCUT2D eigenvalue weighted by molar-refractivity contribution is 6.29. The maximum atomic E-state index is 11.8. The normalized spacial score (nSPS) is 10.2. The maximum absolute atomic E-state index is 11.8. The lowest BCUT2D eigenvalue weighted by molar-refractivity contribution is -0.116. The predicted molar refractivity (Wildman–Crippen MR) is 75.2 cm³/mol. The van der Waals surface area contributed by atoms with E-state index in [2.05, 4.69) is 21.4 Å². The number of aromatic nitrogens is 2. The Hall–Kier alpha value is -1.94. The summed E-state index contributed by atoms with van der Waals surface area (Å²) >= 11 is 5.72. The number of benzene rings is 1. The molecule has 0 aliphatic carbocycles. The van der Waals surface area contributed by atoms with Crippen LogP contribution in [0.1, 0.15) is 17.5 Å². The Bertz CT molecular complexity index is 586. The number of nitrogens with zero attached hydrogens (tertiary/aromatic N) is 2. The molecule has 1 aromatic carbocycles. The number of carbonyl (C=O) groups excluding carboxylic acids is 1. The number of halogens is 1. The van der Waals surface area contributed by atoms with Crippen LogP contribution in [0.15, 0.2) is 36.7 Å². The molecule has 0 spiro atoms. The van der Waals surface area contributed by atoms with E-state index in [0.717, 1.165) is 5.56 Å². The molecule has 0 unspecified atom stereocenters. The van der Waals surface area contributed by atoms with Gasteiger partial charge < -0.3 is 5.32 Å². The van der Waals surface area contributed by atoms with Gasteiger partial charge in [-0.15, -0.1) is 0 Å². The summed E-state index contributed by atoms with van der Waals surface area (Å²) < 4.78 is 0. The van der Waals surface area contributed by atoms with Gasteiger partial charge in [-0.3, -0.25) is 4.79 Å². The molecule has 98 valence electrons. The van der Waals surface area contributed by atoms with Gasteiger partial charge in [0.1, 0.15) is 17.3 Å². The fourth-order valence-corrected chi connectivity index (χ4v) is 1.88. The van der Waals surface area contributed by atoms with E-state index < -0.39 is 0 Å². The summed E-state index contributed by atoms with van der Waals surface area (Å²) in [6, 6.07) is 9.64. The first-order valence-electron chi connectivity index (χ1n) is 5.96. The third kappa shape index (κ3) is 4.34. The second-order valence-electron chi connectivity index (χ2n) is 4.26. The predicted octanol–water partition coefficient (Wildman–Crippen LogP) is 3.01. The molecule has 1 heterocycles. The Morgan fingerprint density at radius 2 is 2.16 bits per heavy atom. The Morgan fingerprint density at radius 1 is 1.32 bits per heavy atom. The molecule has 0 fully saturated rings. The SMILES string of the molecule is Cc1cccc(CCC(=O)Nc2cc(Cl)ncn2)c1. The van der Waals surface area contributed by atoms with E-state index in [9.17, 15) is 4.79 Å². The number of anilines is 1. The molecule has 1 amide bonds. The molecule has 0 bridgehead atoms. The number of amides is 1. The second kappa shape index (κ2) is 6.29. The summed E-state index contributed by atoms with van der Waals surface area (Å²) in [6.45, 7) is 2.03. The average molecular weight is 276 g/mol. The molecule has 0 radical (unpaired) electrons. The van der Waals surface area contributed by atoms with Crippen LogP contribution in [-0.2, 0) is 11.2 Å². The van der Waals surface area contributed by atoms with E-state index in [-0.39, 0.29) is 5.91 Å². The van der Waals surface area contributed by atoms with Crippen LogP contribution in [-0.4, -0.2) is 15.9 Å². The van der Waals surface area contributed by atoms with Crippen LogP contribution in [0.5, 0.6) is 0 Å². The van der Waals surface area contributed by atoms with E-state index in [4.69, 9.17) is 11.6 Å². The fraction of sp³-hybridized carbons (Fsp3) is 0.214. The number of hydrogen-bond donors (Lipinski definition) is 1. The second-order valence-corrected chi connectivity index (χ2v) is 4.65. The Kier molecular flexibility index (Phi) is 4.47. The third-order valence-electron chi connectivity index (χ3n) is 2.62. The monoisotopic (exact) mass is 275 g/mol. The lowest BCUT2D eigenvalue weighted by Gasteiger charge is -2.05. The van der Waals surface area contributed by atoms with Crippen molar-refractivity contribution in [2.75, 3.05) is 5.32 Å². The van der Waals surface area contributed by atoms with Crippen molar-refractivity contribution in [3.05, 3.63) is 52.9 Å². The van der Waals surface area contributed by atoms with Gasteiger partial charge in [0.05, 0.1) is 0 Å². The molecule has 4 nitrogen and oxygen atoms in total. The minimum absolute atomic E-state index is 0.0868. The Labute approximate surface area is 116 Å². The van der Waals surface area contributed by atoms with Gasteiger partial charge in [-0.1, -0.05) is 41.4 Å². The lowest BCUT2D eigenvalue weighted by Crippen LogP contribution is -2.13. The van der Waals surface area contributed by atoms with Crippen LogP contribution in [0.2, 0.25) is 5.15 Å². The highest BCUT2D eigenvalue weighted by Crippen LogP contribution is 2.10. The molecule has 0 aliphatic heterocycles.